The first-order valence-corrected chi connectivity index (χ1v) is 5.57. The Morgan fingerprint density at radius 1 is 1.47 bits per heavy atom. The Labute approximate surface area is 89.4 Å². The van der Waals surface area contributed by atoms with Gasteiger partial charge in [0.25, 0.3) is 0 Å². The molecular weight excluding hydrogens is 190 g/mol. The lowest BCUT2D eigenvalue weighted by Crippen LogP contribution is -2.57. The average Bonchev–Trinajstić information content (AvgIpc) is 2.74. The number of H-pyrrole nitrogens is 1. The first-order valence-electron chi connectivity index (χ1n) is 5.57. The molecule has 1 atom stereocenters. The SMILES string of the molecule is CC1(C)OCCC12NCCc1[nH]cnc12. The molecule has 82 valence electrons. The maximum absolute atomic E-state index is 5.84. The van der Waals surface area contributed by atoms with E-state index in [2.05, 4.69) is 29.1 Å². The molecule has 1 unspecified atom stereocenters. The van der Waals surface area contributed by atoms with Gasteiger partial charge in [0.15, 0.2) is 0 Å². The molecule has 0 bridgehead atoms. The van der Waals surface area contributed by atoms with Crippen molar-refractivity contribution in [2.75, 3.05) is 13.2 Å². The molecule has 0 amide bonds. The summed E-state index contributed by atoms with van der Waals surface area (Å²) in [4.78, 5) is 7.73. The van der Waals surface area contributed by atoms with E-state index in [1.54, 1.807) is 6.33 Å². The first-order chi connectivity index (χ1) is 7.16. The quantitative estimate of drug-likeness (QED) is 0.666. The summed E-state index contributed by atoms with van der Waals surface area (Å²) >= 11 is 0. The van der Waals surface area contributed by atoms with Crippen LogP contribution in [0.5, 0.6) is 0 Å². The monoisotopic (exact) mass is 207 g/mol. The van der Waals surface area contributed by atoms with Crippen LogP contribution in [-0.2, 0) is 16.7 Å². The van der Waals surface area contributed by atoms with Crippen LogP contribution in [0.2, 0.25) is 0 Å². The number of ether oxygens (including phenoxy) is 1. The highest BCUT2D eigenvalue weighted by molar-refractivity contribution is 5.30. The third-order valence-corrected chi connectivity index (χ3v) is 3.89. The van der Waals surface area contributed by atoms with Crippen LogP contribution >= 0.6 is 0 Å². The summed E-state index contributed by atoms with van der Waals surface area (Å²) < 4.78 is 5.84. The van der Waals surface area contributed by atoms with Crippen LogP contribution in [-0.4, -0.2) is 28.7 Å². The number of hydrogen-bond donors (Lipinski definition) is 2. The van der Waals surface area contributed by atoms with Gasteiger partial charge in [-0.15, -0.1) is 0 Å². The van der Waals surface area contributed by atoms with E-state index in [-0.39, 0.29) is 11.1 Å². The average molecular weight is 207 g/mol. The van der Waals surface area contributed by atoms with Gasteiger partial charge in [0.2, 0.25) is 0 Å². The Morgan fingerprint density at radius 3 is 3.07 bits per heavy atom. The van der Waals surface area contributed by atoms with Gasteiger partial charge in [0.05, 0.1) is 23.2 Å². The van der Waals surface area contributed by atoms with Crippen molar-refractivity contribution >= 4 is 0 Å². The van der Waals surface area contributed by atoms with Crippen LogP contribution in [0.3, 0.4) is 0 Å². The van der Waals surface area contributed by atoms with Crippen LogP contribution in [0.1, 0.15) is 31.7 Å². The Morgan fingerprint density at radius 2 is 2.33 bits per heavy atom. The maximum atomic E-state index is 5.84. The topological polar surface area (TPSA) is 49.9 Å². The van der Waals surface area contributed by atoms with E-state index in [0.717, 1.165) is 31.7 Å². The molecule has 4 nitrogen and oxygen atoms in total. The van der Waals surface area contributed by atoms with Crippen molar-refractivity contribution in [1.29, 1.82) is 0 Å². The van der Waals surface area contributed by atoms with Crippen molar-refractivity contribution in [3.8, 4) is 0 Å². The second kappa shape index (κ2) is 2.83. The smallest absolute Gasteiger partial charge is 0.0937 e. The molecule has 0 radical (unpaired) electrons. The lowest BCUT2D eigenvalue weighted by Gasteiger charge is -2.42. The minimum Gasteiger partial charge on any atom is -0.373 e. The second-order valence-electron chi connectivity index (χ2n) is 4.92. The zero-order chi connectivity index (χ0) is 10.5. The molecule has 1 aromatic heterocycles. The summed E-state index contributed by atoms with van der Waals surface area (Å²) in [6.07, 6.45) is 3.85. The third kappa shape index (κ3) is 1.06. The molecule has 1 spiro atoms. The minimum absolute atomic E-state index is 0.0828. The van der Waals surface area contributed by atoms with Crippen LogP contribution < -0.4 is 5.32 Å². The van der Waals surface area contributed by atoms with E-state index in [1.807, 2.05) is 0 Å². The van der Waals surface area contributed by atoms with Gasteiger partial charge in [0, 0.05) is 25.3 Å². The summed E-state index contributed by atoms with van der Waals surface area (Å²) in [7, 11) is 0. The van der Waals surface area contributed by atoms with E-state index in [1.165, 1.54) is 5.69 Å². The maximum Gasteiger partial charge on any atom is 0.0937 e. The molecule has 0 saturated carbocycles. The summed E-state index contributed by atoms with van der Waals surface area (Å²) in [5.41, 5.74) is 2.18. The molecule has 3 rings (SSSR count). The van der Waals surface area contributed by atoms with Crippen molar-refractivity contribution in [3.63, 3.8) is 0 Å². The molecule has 0 aromatic carbocycles. The highest BCUT2D eigenvalue weighted by atomic mass is 16.5. The van der Waals surface area contributed by atoms with Crippen LogP contribution in [0.25, 0.3) is 0 Å². The zero-order valence-electron chi connectivity index (χ0n) is 9.26. The van der Waals surface area contributed by atoms with Gasteiger partial charge in [-0.1, -0.05) is 0 Å². The van der Waals surface area contributed by atoms with Gasteiger partial charge >= 0.3 is 0 Å². The zero-order valence-corrected chi connectivity index (χ0v) is 9.26. The lowest BCUT2D eigenvalue weighted by molar-refractivity contribution is -0.0168. The molecular formula is C11H17N3O. The number of nitrogens with zero attached hydrogens (tertiary/aromatic N) is 1. The fraction of sp³-hybridized carbons (Fsp3) is 0.727. The Balaban J connectivity index is 2.15. The van der Waals surface area contributed by atoms with Crippen molar-refractivity contribution in [1.82, 2.24) is 15.3 Å². The summed E-state index contributed by atoms with van der Waals surface area (Å²) in [6.45, 7) is 6.11. The van der Waals surface area contributed by atoms with Crippen LogP contribution in [0, 0.1) is 0 Å². The summed E-state index contributed by atoms with van der Waals surface area (Å²) in [5.74, 6) is 0. The Kier molecular flexibility index (Phi) is 1.77. The number of aromatic amines is 1. The van der Waals surface area contributed by atoms with Gasteiger partial charge in [-0.25, -0.2) is 4.98 Å². The number of fused-ring (bicyclic) bond motifs is 2. The largest absolute Gasteiger partial charge is 0.373 e. The number of nitrogens with one attached hydrogen (secondary N) is 2. The molecule has 1 saturated heterocycles. The van der Waals surface area contributed by atoms with Gasteiger partial charge in [-0.3, -0.25) is 0 Å². The fourth-order valence-electron chi connectivity index (χ4n) is 2.95. The predicted molar refractivity (Wildman–Crippen MR) is 56.6 cm³/mol. The van der Waals surface area contributed by atoms with Gasteiger partial charge < -0.3 is 15.0 Å². The number of rotatable bonds is 0. The van der Waals surface area contributed by atoms with Crippen molar-refractivity contribution in [2.45, 2.75) is 37.8 Å². The van der Waals surface area contributed by atoms with Crippen molar-refractivity contribution < 1.29 is 4.74 Å². The van der Waals surface area contributed by atoms with Gasteiger partial charge in [-0.05, 0) is 20.3 Å². The number of aromatic nitrogens is 2. The van der Waals surface area contributed by atoms with E-state index < -0.39 is 0 Å². The second-order valence-corrected chi connectivity index (χ2v) is 4.92. The summed E-state index contributed by atoms with van der Waals surface area (Å²) in [5, 5.41) is 3.62. The van der Waals surface area contributed by atoms with Crippen molar-refractivity contribution in [2.24, 2.45) is 0 Å². The van der Waals surface area contributed by atoms with E-state index in [4.69, 9.17) is 4.74 Å². The highest BCUT2D eigenvalue weighted by Crippen LogP contribution is 2.45. The van der Waals surface area contributed by atoms with E-state index >= 15 is 0 Å². The number of hydrogen-bond acceptors (Lipinski definition) is 3. The molecule has 4 heteroatoms. The predicted octanol–water partition coefficient (Wildman–Crippen LogP) is 0.950. The normalized spacial score (nSPS) is 33.2. The lowest BCUT2D eigenvalue weighted by atomic mass is 9.76. The van der Waals surface area contributed by atoms with Crippen LogP contribution in [0.4, 0.5) is 0 Å². The Bertz CT molecular complexity index is 385. The van der Waals surface area contributed by atoms with Gasteiger partial charge in [-0.2, -0.15) is 0 Å². The fourth-order valence-corrected chi connectivity index (χ4v) is 2.95. The standard InChI is InChI=1S/C11H17N3O/c1-10(2)11(4-6-15-10)9-8(3-5-14-11)12-7-13-9/h7,14H,3-6H2,1-2H3,(H,12,13). The molecule has 1 aromatic rings. The molecule has 1 fully saturated rings. The summed E-state index contributed by atoms with van der Waals surface area (Å²) in [6, 6.07) is 0. The van der Waals surface area contributed by atoms with Crippen LogP contribution in [0.15, 0.2) is 6.33 Å². The molecule has 2 N–H and O–H groups in total. The molecule has 15 heavy (non-hydrogen) atoms. The van der Waals surface area contributed by atoms with E-state index in [0.29, 0.717) is 0 Å². The third-order valence-electron chi connectivity index (χ3n) is 3.89. The molecule has 3 heterocycles. The molecule has 2 aliphatic rings. The highest BCUT2D eigenvalue weighted by Gasteiger charge is 2.54. The molecule has 2 aliphatic heterocycles. The van der Waals surface area contributed by atoms with E-state index in [9.17, 15) is 0 Å². The molecule has 0 aliphatic carbocycles. The van der Waals surface area contributed by atoms with Crippen molar-refractivity contribution in [3.05, 3.63) is 17.7 Å². The Hall–Kier alpha value is -0.870. The first kappa shape index (κ1) is 9.36. The number of imidazole rings is 1. The van der Waals surface area contributed by atoms with Gasteiger partial charge in [0.1, 0.15) is 0 Å². The minimum atomic E-state index is -0.169.